The molecule has 21 heavy (non-hydrogen) atoms. The van der Waals surface area contributed by atoms with Crippen LogP contribution in [0.25, 0.3) is 0 Å². The Morgan fingerprint density at radius 2 is 2.10 bits per heavy atom. The molecular weight excluding hydrogens is 308 g/mol. The highest BCUT2D eigenvalue weighted by Gasteiger charge is 2.33. The molecule has 1 atom stereocenters. The molecule has 0 radical (unpaired) electrons. The van der Waals surface area contributed by atoms with Gasteiger partial charge in [-0.25, -0.2) is 13.1 Å². The topological polar surface area (TPSA) is 58.2 Å². The van der Waals surface area contributed by atoms with Gasteiger partial charge in [-0.15, -0.1) is 0 Å². The van der Waals surface area contributed by atoms with E-state index in [0.717, 1.165) is 24.8 Å². The van der Waals surface area contributed by atoms with E-state index in [4.69, 9.17) is 11.6 Å². The molecule has 2 N–H and O–H groups in total. The van der Waals surface area contributed by atoms with Gasteiger partial charge in [-0.3, -0.25) is 0 Å². The SMILES string of the molecule is CNCc1ccc(S(=O)(=O)NC2CCC(C)(C)C2)cc1Cl. The molecule has 1 aromatic rings. The Morgan fingerprint density at radius 1 is 1.38 bits per heavy atom. The fourth-order valence-electron chi connectivity index (χ4n) is 2.85. The lowest BCUT2D eigenvalue weighted by Gasteiger charge is -2.18. The fraction of sp³-hybridized carbons (Fsp3) is 0.600. The third kappa shape index (κ3) is 4.19. The van der Waals surface area contributed by atoms with Crippen LogP contribution in [0.3, 0.4) is 0 Å². The van der Waals surface area contributed by atoms with Gasteiger partial charge in [0.2, 0.25) is 10.0 Å². The highest BCUT2D eigenvalue weighted by atomic mass is 35.5. The van der Waals surface area contributed by atoms with Gasteiger partial charge in [0, 0.05) is 17.6 Å². The number of halogens is 1. The minimum Gasteiger partial charge on any atom is -0.316 e. The molecule has 118 valence electrons. The van der Waals surface area contributed by atoms with Crippen LogP contribution in [-0.2, 0) is 16.6 Å². The molecule has 1 aliphatic carbocycles. The smallest absolute Gasteiger partial charge is 0.240 e. The van der Waals surface area contributed by atoms with Crippen molar-refractivity contribution in [2.75, 3.05) is 7.05 Å². The molecule has 2 rings (SSSR count). The van der Waals surface area contributed by atoms with Crippen LogP contribution in [0.5, 0.6) is 0 Å². The van der Waals surface area contributed by atoms with Gasteiger partial charge >= 0.3 is 0 Å². The highest BCUT2D eigenvalue weighted by molar-refractivity contribution is 7.89. The van der Waals surface area contributed by atoms with Crippen LogP contribution in [0.15, 0.2) is 23.1 Å². The van der Waals surface area contributed by atoms with Gasteiger partial charge in [-0.1, -0.05) is 31.5 Å². The lowest BCUT2D eigenvalue weighted by molar-refractivity contribution is 0.372. The Balaban J connectivity index is 2.15. The third-order valence-electron chi connectivity index (χ3n) is 3.99. The predicted octanol–water partition coefficient (Wildman–Crippen LogP) is 2.92. The Kier molecular flexibility index (Phi) is 4.98. The molecule has 0 saturated heterocycles. The minimum atomic E-state index is -3.50. The summed E-state index contributed by atoms with van der Waals surface area (Å²) >= 11 is 6.14. The summed E-state index contributed by atoms with van der Waals surface area (Å²) in [6.07, 6.45) is 2.80. The fourth-order valence-corrected chi connectivity index (χ4v) is 4.46. The average Bonchev–Trinajstić information content (AvgIpc) is 2.70. The zero-order valence-electron chi connectivity index (χ0n) is 12.7. The maximum Gasteiger partial charge on any atom is 0.240 e. The monoisotopic (exact) mass is 330 g/mol. The first-order chi connectivity index (χ1) is 9.73. The average molecular weight is 331 g/mol. The Morgan fingerprint density at radius 3 is 2.62 bits per heavy atom. The zero-order valence-corrected chi connectivity index (χ0v) is 14.3. The normalized spacial score (nSPS) is 21.6. The van der Waals surface area contributed by atoms with Crippen molar-refractivity contribution in [1.29, 1.82) is 0 Å². The Hall–Kier alpha value is -0.620. The van der Waals surface area contributed by atoms with E-state index in [2.05, 4.69) is 23.9 Å². The molecule has 1 fully saturated rings. The van der Waals surface area contributed by atoms with Gasteiger partial charge in [-0.05, 0) is 49.4 Å². The number of nitrogens with one attached hydrogen (secondary N) is 2. The zero-order chi connectivity index (χ0) is 15.7. The highest BCUT2D eigenvalue weighted by Crippen LogP contribution is 2.37. The Labute approximate surface area is 132 Å². The molecule has 4 nitrogen and oxygen atoms in total. The largest absolute Gasteiger partial charge is 0.316 e. The second kappa shape index (κ2) is 6.24. The van der Waals surface area contributed by atoms with E-state index in [9.17, 15) is 8.42 Å². The van der Waals surface area contributed by atoms with Crippen LogP contribution >= 0.6 is 11.6 Å². The first-order valence-corrected chi connectivity index (χ1v) is 9.05. The van der Waals surface area contributed by atoms with Crippen molar-refractivity contribution in [3.63, 3.8) is 0 Å². The van der Waals surface area contributed by atoms with E-state index >= 15 is 0 Å². The molecular formula is C15H23ClN2O2S. The van der Waals surface area contributed by atoms with Crippen LogP contribution in [0.4, 0.5) is 0 Å². The molecule has 6 heteroatoms. The van der Waals surface area contributed by atoms with E-state index < -0.39 is 10.0 Å². The number of hydrogen-bond donors (Lipinski definition) is 2. The maximum absolute atomic E-state index is 12.4. The Bertz CT molecular complexity index is 614. The van der Waals surface area contributed by atoms with Gasteiger partial charge < -0.3 is 5.32 Å². The first-order valence-electron chi connectivity index (χ1n) is 7.19. The lowest BCUT2D eigenvalue weighted by Crippen LogP contribution is -2.33. The second-order valence-electron chi connectivity index (χ2n) is 6.51. The molecule has 0 spiro atoms. The van der Waals surface area contributed by atoms with Crippen molar-refractivity contribution < 1.29 is 8.42 Å². The molecule has 1 saturated carbocycles. The van der Waals surface area contributed by atoms with Gasteiger partial charge in [0.25, 0.3) is 0 Å². The van der Waals surface area contributed by atoms with Gasteiger partial charge in [0.1, 0.15) is 0 Å². The first kappa shape index (κ1) is 16.7. The van der Waals surface area contributed by atoms with Crippen molar-refractivity contribution >= 4 is 21.6 Å². The summed E-state index contributed by atoms with van der Waals surface area (Å²) < 4.78 is 27.7. The molecule has 1 unspecified atom stereocenters. The van der Waals surface area contributed by atoms with Crippen molar-refractivity contribution in [1.82, 2.24) is 10.0 Å². The summed E-state index contributed by atoms with van der Waals surface area (Å²) in [6.45, 7) is 4.96. The number of rotatable bonds is 5. The number of hydrogen-bond acceptors (Lipinski definition) is 3. The van der Waals surface area contributed by atoms with Crippen molar-refractivity contribution in [2.24, 2.45) is 5.41 Å². The number of sulfonamides is 1. The third-order valence-corrected chi connectivity index (χ3v) is 5.86. The summed E-state index contributed by atoms with van der Waals surface area (Å²) in [4.78, 5) is 0.233. The van der Waals surface area contributed by atoms with E-state index in [-0.39, 0.29) is 16.4 Å². The molecule has 1 aliphatic rings. The summed E-state index contributed by atoms with van der Waals surface area (Å²) in [5, 5.41) is 3.47. The molecule has 0 heterocycles. The molecule has 0 bridgehead atoms. The summed E-state index contributed by atoms with van der Waals surface area (Å²) in [6, 6.07) is 4.91. The summed E-state index contributed by atoms with van der Waals surface area (Å²) in [5.74, 6) is 0. The molecule has 0 aromatic heterocycles. The van der Waals surface area contributed by atoms with Crippen LogP contribution in [0, 0.1) is 5.41 Å². The van der Waals surface area contributed by atoms with E-state index in [1.807, 2.05) is 7.05 Å². The molecule has 1 aromatic carbocycles. The number of benzene rings is 1. The minimum absolute atomic E-state index is 0.0146. The van der Waals surface area contributed by atoms with Crippen LogP contribution in [-0.4, -0.2) is 21.5 Å². The van der Waals surface area contributed by atoms with Gasteiger partial charge in [-0.2, -0.15) is 0 Å². The quantitative estimate of drug-likeness (QED) is 0.872. The van der Waals surface area contributed by atoms with Crippen LogP contribution in [0.1, 0.15) is 38.7 Å². The standard InChI is InChI=1S/C15H23ClN2O2S/c1-15(2)7-6-12(9-15)18-21(19,20)13-5-4-11(10-17-3)14(16)8-13/h4-5,8,12,17-18H,6-7,9-10H2,1-3H3. The van der Waals surface area contributed by atoms with E-state index in [1.165, 1.54) is 6.07 Å². The van der Waals surface area contributed by atoms with E-state index in [0.29, 0.717) is 11.6 Å². The second-order valence-corrected chi connectivity index (χ2v) is 8.63. The maximum atomic E-state index is 12.4. The van der Waals surface area contributed by atoms with Gasteiger partial charge in [0.05, 0.1) is 4.90 Å². The van der Waals surface area contributed by atoms with Crippen LogP contribution < -0.4 is 10.0 Å². The van der Waals surface area contributed by atoms with Gasteiger partial charge in [0.15, 0.2) is 0 Å². The van der Waals surface area contributed by atoms with Crippen molar-refractivity contribution in [3.8, 4) is 0 Å². The van der Waals surface area contributed by atoms with E-state index in [1.54, 1.807) is 12.1 Å². The predicted molar refractivity (Wildman–Crippen MR) is 86.0 cm³/mol. The molecule has 0 amide bonds. The van der Waals surface area contributed by atoms with Crippen LogP contribution in [0.2, 0.25) is 5.02 Å². The summed E-state index contributed by atoms with van der Waals surface area (Å²) in [7, 11) is -1.68. The van der Waals surface area contributed by atoms with Crippen molar-refractivity contribution in [3.05, 3.63) is 28.8 Å². The lowest BCUT2D eigenvalue weighted by atomic mass is 9.92. The molecule has 0 aliphatic heterocycles. The summed E-state index contributed by atoms with van der Waals surface area (Å²) in [5.41, 5.74) is 1.10. The van der Waals surface area contributed by atoms with Crippen molar-refractivity contribution in [2.45, 2.75) is 50.6 Å².